The fourth-order valence-corrected chi connectivity index (χ4v) is 6.24. The number of aliphatic carboxylic acids is 1. The average molecular weight is 497 g/mol. The van der Waals surface area contributed by atoms with Crippen LogP contribution in [0.1, 0.15) is 81.2 Å². The van der Waals surface area contributed by atoms with Crippen LogP contribution in [0.2, 0.25) is 0 Å². The maximum absolute atomic E-state index is 13.5. The molecular formula is C30H32N4O3. The maximum Gasteiger partial charge on any atom is 0.319 e. The van der Waals surface area contributed by atoms with E-state index < -0.39 is 11.9 Å². The zero-order valence-electron chi connectivity index (χ0n) is 22.1. The van der Waals surface area contributed by atoms with Crippen molar-refractivity contribution in [2.45, 2.75) is 54.4 Å². The van der Waals surface area contributed by atoms with Crippen molar-refractivity contribution in [1.29, 1.82) is 0 Å². The molecule has 3 aromatic rings. The summed E-state index contributed by atoms with van der Waals surface area (Å²) in [6.45, 7) is 12.6. The maximum atomic E-state index is 13.5. The summed E-state index contributed by atoms with van der Waals surface area (Å²) < 4.78 is 0. The van der Waals surface area contributed by atoms with E-state index >= 15 is 0 Å². The van der Waals surface area contributed by atoms with Crippen LogP contribution in [0, 0.1) is 39.5 Å². The minimum Gasteiger partial charge on any atom is -0.480 e. The lowest BCUT2D eigenvalue weighted by atomic mass is 9.95. The molecule has 0 saturated carbocycles. The van der Waals surface area contributed by atoms with E-state index in [2.05, 4.69) is 73.1 Å². The van der Waals surface area contributed by atoms with E-state index in [1.807, 2.05) is 6.92 Å². The number of carbonyl (C=O) groups is 2. The predicted octanol–water partition coefficient (Wildman–Crippen LogP) is 3.72. The highest BCUT2D eigenvalue weighted by Crippen LogP contribution is 2.44. The summed E-state index contributed by atoms with van der Waals surface area (Å²) in [5.41, 5.74) is 12.0. The van der Waals surface area contributed by atoms with Crippen LogP contribution < -0.4 is 16.0 Å². The summed E-state index contributed by atoms with van der Waals surface area (Å²) in [6, 6.07) is 0. The lowest BCUT2D eigenvalue weighted by Gasteiger charge is -2.11. The lowest BCUT2D eigenvalue weighted by Crippen LogP contribution is -2.22. The van der Waals surface area contributed by atoms with Crippen molar-refractivity contribution >= 4 is 35.6 Å². The molecule has 6 rings (SSSR count). The Morgan fingerprint density at radius 3 is 2.24 bits per heavy atom. The van der Waals surface area contributed by atoms with Gasteiger partial charge in [-0.05, 0) is 86.6 Å². The van der Waals surface area contributed by atoms with Crippen LogP contribution in [0.3, 0.4) is 0 Å². The van der Waals surface area contributed by atoms with Gasteiger partial charge in [-0.25, -0.2) is 0 Å². The average Bonchev–Trinajstić information content (AvgIpc) is 3.59. The molecule has 37 heavy (non-hydrogen) atoms. The third-order valence-corrected chi connectivity index (χ3v) is 8.59. The van der Waals surface area contributed by atoms with E-state index in [-0.39, 0.29) is 11.7 Å². The highest BCUT2D eigenvalue weighted by Gasteiger charge is 2.46. The van der Waals surface area contributed by atoms with Gasteiger partial charge in [0.05, 0.1) is 5.69 Å². The van der Waals surface area contributed by atoms with Gasteiger partial charge in [0.15, 0.2) is 5.78 Å². The molecule has 2 aliphatic heterocycles. The number of allylic oxidation sites excluding steroid dienone is 2. The standard InChI is InChI=1S/C30H32N4O3/c1-7-17-15(5)21-10-20-14(4)13(3)19(32-20)9-18-12(2)8-24(31-18)26-27(30(36)37)29(35)25-16(6)22(34-28(25)26)11-23(17)33-21/h9-12,27,31-34H,7-8H2,1-6H3,(H,36,37)/b18-9-,21-10-,23-11-,26-24-/t12-,27+/m0/s1. The first-order chi connectivity index (χ1) is 17.6. The molecule has 0 unspecified atom stereocenters. The Bertz CT molecular complexity index is 1720. The number of Topliss-reactive ketones (excluding diaryl/α,β-unsaturated/α-hetero) is 1. The summed E-state index contributed by atoms with van der Waals surface area (Å²) in [5.74, 6) is -2.51. The Kier molecular flexibility index (Phi) is 5.06. The van der Waals surface area contributed by atoms with Gasteiger partial charge in [-0.15, -0.1) is 0 Å². The number of aromatic amines is 3. The number of carboxylic acid groups (broad SMARTS) is 1. The lowest BCUT2D eigenvalue weighted by molar-refractivity contribution is -0.138. The fraction of sp³-hybridized carbons (Fsp3) is 0.333. The molecule has 5 heterocycles. The zero-order chi connectivity index (χ0) is 26.3. The van der Waals surface area contributed by atoms with Crippen LogP contribution >= 0.6 is 0 Å². The molecule has 8 bridgehead atoms. The number of carboxylic acids is 1. The molecular weight excluding hydrogens is 464 g/mol. The summed E-state index contributed by atoms with van der Waals surface area (Å²) in [7, 11) is 0. The van der Waals surface area contributed by atoms with E-state index in [1.54, 1.807) is 0 Å². The topological polar surface area (TPSA) is 114 Å². The normalized spacial score (nSPS) is 25.2. The van der Waals surface area contributed by atoms with Gasteiger partial charge >= 0.3 is 5.97 Å². The quantitative estimate of drug-likeness (QED) is 0.348. The van der Waals surface area contributed by atoms with Gasteiger partial charge in [0.1, 0.15) is 5.92 Å². The molecule has 2 atom stereocenters. The van der Waals surface area contributed by atoms with Crippen molar-refractivity contribution in [1.82, 2.24) is 20.3 Å². The first-order valence-corrected chi connectivity index (χ1v) is 12.9. The number of aromatic nitrogens is 3. The zero-order valence-corrected chi connectivity index (χ0v) is 22.1. The first kappa shape index (κ1) is 23.4. The van der Waals surface area contributed by atoms with Gasteiger partial charge in [0.2, 0.25) is 0 Å². The van der Waals surface area contributed by atoms with E-state index in [0.29, 0.717) is 23.3 Å². The number of fused-ring (bicyclic) bond motifs is 7. The van der Waals surface area contributed by atoms with Crippen molar-refractivity contribution in [3.63, 3.8) is 0 Å². The van der Waals surface area contributed by atoms with Crippen LogP contribution in [0.15, 0.2) is 11.4 Å². The number of carbonyl (C=O) groups excluding carboxylic acids is 1. The van der Waals surface area contributed by atoms with Gasteiger partial charge in [-0.3, -0.25) is 9.59 Å². The highest BCUT2D eigenvalue weighted by molar-refractivity contribution is 6.24. The Hall–Kier alpha value is -4.00. The second-order valence-electron chi connectivity index (χ2n) is 10.7. The van der Waals surface area contributed by atoms with Crippen LogP contribution in [0.5, 0.6) is 0 Å². The molecule has 0 aromatic carbocycles. The predicted molar refractivity (Wildman–Crippen MR) is 144 cm³/mol. The second kappa shape index (κ2) is 8.00. The Labute approximate surface area is 215 Å². The smallest absolute Gasteiger partial charge is 0.319 e. The molecule has 3 aromatic heterocycles. The Morgan fingerprint density at radius 1 is 0.919 bits per heavy atom. The van der Waals surface area contributed by atoms with Gasteiger partial charge in [0, 0.05) is 56.2 Å². The summed E-state index contributed by atoms with van der Waals surface area (Å²) in [6.07, 6.45) is 7.87. The SMILES string of the molecule is CCc1c(C)/c2[nH]/c1=C\c1[nH]c3c(c1C)C(=O)[C@H](C(=O)O)/C3=C1\C[C@H](C)/C(=C/c3[nH]c(c(C)c3C)\C=2)N1. The third-order valence-electron chi connectivity index (χ3n) is 8.59. The van der Waals surface area contributed by atoms with Crippen LogP contribution in [0.25, 0.3) is 23.8 Å². The van der Waals surface area contributed by atoms with Gasteiger partial charge < -0.3 is 25.4 Å². The monoisotopic (exact) mass is 496 g/mol. The van der Waals surface area contributed by atoms with Crippen LogP contribution in [0.4, 0.5) is 0 Å². The second-order valence-corrected chi connectivity index (χ2v) is 10.7. The van der Waals surface area contributed by atoms with E-state index in [9.17, 15) is 14.7 Å². The number of ketones is 1. The molecule has 7 heteroatoms. The summed E-state index contributed by atoms with van der Waals surface area (Å²) in [5, 5.41) is 15.6. The van der Waals surface area contributed by atoms with E-state index in [1.165, 1.54) is 22.3 Å². The van der Waals surface area contributed by atoms with Crippen LogP contribution in [-0.2, 0) is 11.2 Å². The number of hydrogen-bond donors (Lipinski definition) is 5. The molecule has 1 fully saturated rings. The van der Waals surface area contributed by atoms with Crippen molar-refractivity contribution in [3.8, 4) is 0 Å². The molecule has 7 nitrogen and oxygen atoms in total. The molecule has 0 spiro atoms. The third kappa shape index (κ3) is 3.26. The number of rotatable bonds is 2. The molecule has 0 radical (unpaired) electrons. The minimum atomic E-state index is -1.21. The molecule has 1 aliphatic carbocycles. The van der Waals surface area contributed by atoms with Crippen molar-refractivity contribution in [2.24, 2.45) is 11.8 Å². The summed E-state index contributed by atoms with van der Waals surface area (Å²) in [4.78, 5) is 36.5. The molecule has 0 amide bonds. The highest BCUT2D eigenvalue weighted by atomic mass is 16.4. The molecule has 5 N–H and O–H groups in total. The van der Waals surface area contributed by atoms with Gasteiger partial charge in [0.25, 0.3) is 0 Å². The molecule has 1 saturated heterocycles. The van der Waals surface area contributed by atoms with Gasteiger partial charge in [-0.1, -0.05) is 13.8 Å². The molecule has 3 aliphatic rings. The Balaban J connectivity index is 1.73. The minimum absolute atomic E-state index is 0.157. The number of nitrogens with one attached hydrogen (secondary N) is 4. The Morgan fingerprint density at radius 2 is 1.57 bits per heavy atom. The van der Waals surface area contributed by atoms with Crippen molar-refractivity contribution in [3.05, 3.63) is 78.2 Å². The van der Waals surface area contributed by atoms with E-state index in [0.717, 1.165) is 51.2 Å². The largest absolute Gasteiger partial charge is 0.480 e. The summed E-state index contributed by atoms with van der Waals surface area (Å²) >= 11 is 0. The van der Waals surface area contributed by atoms with Gasteiger partial charge in [-0.2, -0.15) is 0 Å². The van der Waals surface area contributed by atoms with Crippen molar-refractivity contribution in [2.75, 3.05) is 0 Å². The van der Waals surface area contributed by atoms with E-state index in [4.69, 9.17) is 0 Å². The van der Waals surface area contributed by atoms with Crippen LogP contribution in [-0.4, -0.2) is 31.8 Å². The molecule has 190 valence electrons. The first-order valence-electron chi connectivity index (χ1n) is 12.9. The number of H-pyrrole nitrogens is 3. The fourth-order valence-electron chi connectivity index (χ4n) is 6.24. The van der Waals surface area contributed by atoms with Crippen molar-refractivity contribution < 1.29 is 14.7 Å². The number of hydrogen-bond acceptors (Lipinski definition) is 3.